The average molecular weight is 266 g/mol. The first-order valence-electron chi connectivity index (χ1n) is 6.66. The van der Waals surface area contributed by atoms with Crippen molar-refractivity contribution in [2.75, 3.05) is 5.73 Å². The van der Waals surface area contributed by atoms with Gasteiger partial charge in [-0.3, -0.25) is 0 Å². The van der Waals surface area contributed by atoms with Crippen LogP contribution in [0.5, 0.6) is 0 Å². The predicted octanol–water partition coefficient (Wildman–Crippen LogP) is 3.64. The van der Waals surface area contributed by atoms with Crippen molar-refractivity contribution >= 4 is 28.2 Å². The lowest BCUT2D eigenvalue weighted by Gasteiger charge is -2.54. The molecule has 4 heteroatoms. The maximum atomic E-state index is 5.72. The lowest BCUT2D eigenvalue weighted by atomic mass is 9.56. The molecule has 4 aliphatic rings. The lowest BCUT2D eigenvalue weighted by molar-refractivity contribution is 0.0267. The number of thioether (sulfide) groups is 1. The Hall–Kier alpha value is -0.220. The summed E-state index contributed by atoms with van der Waals surface area (Å²) < 4.78 is 1.33. The van der Waals surface area contributed by atoms with Crippen LogP contribution in [0.25, 0.3) is 0 Å². The van der Waals surface area contributed by atoms with Crippen LogP contribution >= 0.6 is 23.1 Å². The van der Waals surface area contributed by atoms with Gasteiger partial charge in [0.15, 0.2) is 5.13 Å². The maximum absolute atomic E-state index is 5.72. The highest BCUT2D eigenvalue weighted by molar-refractivity contribution is 8.01. The zero-order valence-corrected chi connectivity index (χ0v) is 11.5. The van der Waals surface area contributed by atoms with Crippen LogP contribution in [0.15, 0.2) is 10.4 Å². The van der Waals surface area contributed by atoms with Gasteiger partial charge in [-0.2, -0.15) is 0 Å². The first-order chi connectivity index (χ1) is 8.28. The van der Waals surface area contributed by atoms with E-state index >= 15 is 0 Å². The van der Waals surface area contributed by atoms with Crippen molar-refractivity contribution in [1.82, 2.24) is 4.98 Å². The Balaban J connectivity index is 1.54. The van der Waals surface area contributed by atoms with Crippen molar-refractivity contribution in [3.05, 3.63) is 6.20 Å². The summed E-state index contributed by atoms with van der Waals surface area (Å²) in [7, 11) is 0. The normalized spacial score (nSPS) is 43.2. The highest BCUT2D eigenvalue weighted by Crippen LogP contribution is 2.58. The first kappa shape index (κ1) is 10.7. The molecule has 2 N–H and O–H groups in total. The van der Waals surface area contributed by atoms with Gasteiger partial charge in [-0.25, -0.2) is 4.98 Å². The van der Waals surface area contributed by atoms with E-state index < -0.39 is 0 Å². The Labute approximate surface area is 110 Å². The third kappa shape index (κ3) is 1.80. The molecular weight excluding hydrogens is 248 g/mol. The van der Waals surface area contributed by atoms with E-state index in [9.17, 15) is 0 Å². The highest BCUT2D eigenvalue weighted by Gasteiger charge is 2.48. The van der Waals surface area contributed by atoms with Crippen molar-refractivity contribution < 1.29 is 0 Å². The quantitative estimate of drug-likeness (QED) is 0.888. The largest absolute Gasteiger partial charge is 0.375 e. The molecule has 0 amide bonds. The van der Waals surface area contributed by atoms with Crippen LogP contribution < -0.4 is 5.73 Å². The predicted molar refractivity (Wildman–Crippen MR) is 73.2 cm³/mol. The molecule has 2 nitrogen and oxygen atoms in total. The number of nitrogen functional groups attached to an aromatic ring is 1. The van der Waals surface area contributed by atoms with Gasteiger partial charge >= 0.3 is 0 Å². The molecule has 4 saturated carbocycles. The van der Waals surface area contributed by atoms with Crippen molar-refractivity contribution in [3.8, 4) is 0 Å². The van der Waals surface area contributed by atoms with E-state index in [-0.39, 0.29) is 0 Å². The molecule has 0 atom stereocenters. The van der Waals surface area contributed by atoms with E-state index in [2.05, 4.69) is 16.7 Å². The van der Waals surface area contributed by atoms with Crippen LogP contribution in [0.3, 0.4) is 0 Å². The molecule has 1 aromatic rings. The summed E-state index contributed by atoms with van der Waals surface area (Å²) in [4.78, 5) is 4.18. The van der Waals surface area contributed by atoms with Crippen LogP contribution in [0, 0.1) is 23.7 Å². The van der Waals surface area contributed by atoms with Gasteiger partial charge in [0.2, 0.25) is 0 Å². The molecule has 1 aromatic heterocycles. The maximum Gasteiger partial charge on any atom is 0.181 e. The summed E-state index contributed by atoms with van der Waals surface area (Å²) in [5.41, 5.74) is 5.72. The fourth-order valence-electron chi connectivity index (χ4n) is 4.53. The Bertz CT molecular complexity index is 401. The summed E-state index contributed by atoms with van der Waals surface area (Å²) >= 11 is 3.74. The van der Waals surface area contributed by atoms with Crippen molar-refractivity contribution in [2.45, 2.75) is 41.6 Å². The van der Waals surface area contributed by atoms with Gasteiger partial charge in [-0.05, 0) is 55.8 Å². The van der Waals surface area contributed by atoms with Gasteiger partial charge in [0, 0.05) is 5.25 Å². The fourth-order valence-corrected chi connectivity index (χ4v) is 6.94. The van der Waals surface area contributed by atoms with Gasteiger partial charge in [0.25, 0.3) is 0 Å². The molecule has 4 fully saturated rings. The second kappa shape index (κ2) is 3.89. The van der Waals surface area contributed by atoms with Gasteiger partial charge in [-0.15, -0.1) is 11.8 Å². The molecule has 17 heavy (non-hydrogen) atoms. The average Bonchev–Trinajstić information content (AvgIpc) is 2.68. The summed E-state index contributed by atoms with van der Waals surface area (Å²) in [5, 5.41) is 1.58. The second-order valence-electron chi connectivity index (χ2n) is 6.03. The van der Waals surface area contributed by atoms with E-state index in [0.29, 0.717) is 0 Å². The van der Waals surface area contributed by atoms with E-state index in [1.165, 1.54) is 36.3 Å². The number of hydrogen-bond acceptors (Lipinski definition) is 4. The topological polar surface area (TPSA) is 38.9 Å². The molecule has 0 saturated heterocycles. The molecule has 4 aliphatic carbocycles. The van der Waals surface area contributed by atoms with E-state index in [1.807, 2.05) is 6.20 Å². The molecule has 0 spiro atoms. The highest BCUT2D eigenvalue weighted by atomic mass is 32.2. The van der Waals surface area contributed by atoms with Crippen LogP contribution in [0.2, 0.25) is 0 Å². The van der Waals surface area contributed by atoms with Crippen LogP contribution in [-0.4, -0.2) is 10.2 Å². The van der Waals surface area contributed by atoms with Crippen LogP contribution in [-0.2, 0) is 0 Å². The second-order valence-corrected chi connectivity index (χ2v) is 8.57. The summed E-state index contributed by atoms with van der Waals surface area (Å²) in [6.45, 7) is 0. The van der Waals surface area contributed by atoms with E-state index in [4.69, 9.17) is 5.73 Å². The third-order valence-corrected chi connectivity index (χ3v) is 7.43. The number of hydrogen-bond donors (Lipinski definition) is 1. The molecule has 0 radical (unpaired) electrons. The lowest BCUT2D eigenvalue weighted by Crippen LogP contribution is -2.46. The molecular formula is C13H18N2S2. The molecule has 4 bridgehead atoms. The Morgan fingerprint density at radius 3 is 2.29 bits per heavy atom. The molecule has 0 unspecified atom stereocenters. The van der Waals surface area contributed by atoms with Crippen molar-refractivity contribution in [3.63, 3.8) is 0 Å². The number of rotatable bonds is 2. The van der Waals surface area contributed by atoms with Crippen molar-refractivity contribution in [1.29, 1.82) is 0 Å². The van der Waals surface area contributed by atoms with Gasteiger partial charge in [0.05, 0.1) is 10.4 Å². The van der Waals surface area contributed by atoms with Gasteiger partial charge < -0.3 is 5.73 Å². The molecule has 0 aromatic carbocycles. The SMILES string of the molecule is Nc1ncc(SC2C3CC4CC(C3)CC2C4)s1. The zero-order valence-electron chi connectivity index (χ0n) is 9.84. The minimum Gasteiger partial charge on any atom is -0.375 e. The fraction of sp³-hybridized carbons (Fsp3) is 0.769. The van der Waals surface area contributed by atoms with Gasteiger partial charge in [-0.1, -0.05) is 11.3 Å². The van der Waals surface area contributed by atoms with Crippen LogP contribution in [0.4, 0.5) is 5.13 Å². The molecule has 1 heterocycles. The van der Waals surface area contributed by atoms with E-state index in [0.717, 1.165) is 34.1 Å². The third-order valence-electron chi connectivity index (χ3n) is 4.89. The van der Waals surface area contributed by atoms with Crippen LogP contribution in [0.1, 0.15) is 32.1 Å². The van der Waals surface area contributed by atoms with E-state index in [1.54, 1.807) is 11.3 Å². The van der Waals surface area contributed by atoms with Gasteiger partial charge in [0.1, 0.15) is 0 Å². The standard InChI is InChI=1S/C13H18N2S2/c14-13-15-6-11(17-13)16-12-9-2-7-1-8(4-9)5-10(12)3-7/h6-10,12H,1-5H2,(H2,14,15). The first-order valence-corrected chi connectivity index (χ1v) is 8.35. The number of nitrogens with zero attached hydrogens (tertiary/aromatic N) is 1. The minimum absolute atomic E-state index is 0.719. The Morgan fingerprint density at radius 2 is 1.76 bits per heavy atom. The molecule has 0 aliphatic heterocycles. The summed E-state index contributed by atoms with van der Waals surface area (Å²) in [6, 6.07) is 0. The Morgan fingerprint density at radius 1 is 1.12 bits per heavy atom. The number of nitrogens with two attached hydrogens (primary N) is 1. The number of thiazole rings is 1. The minimum atomic E-state index is 0.719. The smallest absolute Gasteiger partial charge is 0.181 e. The Kier molecular flexibility index (Phi) is 2.44. The zero-order chi connectivity index (χ0) is 11.4. The number of aromatic nitrogens is 1. The monoisotopic (exact) mass is 266 g/mol. The summed E-state index contributed by atoms with van der Waals surface area (Å²) in [6.07, 6.45) is 9.50. The van der Waals surface area contributed by atoms with Crippen molar-refractivity contribution in [2.24, 2.45) is 23.7 Å². The molecule has 5 rings (SSSR count). The number of anilines is 1. The molecule has 92 valence electrons. The summed E-state index contributed by atoms with van der Waals surface area (Å²) in [5.74, 6) is 4.11.